The Morgan fingerprint density at radius 3 is 2.28 bits per heavy atom. The van der Waals surface area contributed by atoms with E-state index >= 15 is 0 Å². The zero-order valence-corrected chi connectivity index (χ0v) is 19.7. The lowest BCUT2D eigenvalue weighted by molar-refractivity contribution is 0.0592. The van der Waals surface area contributed by atoms with E-state index in [1.54, 1.807) is 0 Å². The minimum atomic E-state index is -0.536. The number of methoxy groups -OCH3 is 2. The number of nitrogens with two attached hydrogens (primary N) is 1. The normalized spacial score (nSPS) is 10.3. The maximum Gasteiger partial charge on any atom is 0.339 e. The second-order valence-electron chi connectivity index (χ2n) is 7.28. The van der Waals surface area contributed by atoms with Crippen LogP contribution in [0.2, 0.25) is 10.0 Å². The Balaban J connectivity index is 0.000000235. The quantitative estimate of drug-likeness (QED) is 0.295. The topological polar surface area (TPSA) is 94.4 Å². The van der Waals surface area contributed by atoms with Gasteiger partial charge in [-0.05, 0) is 42.2 Å². The Morgan fingerprint density at radius 1 is 1.09 bits per heavy atom. The molecule has 6 nitrogen and oxygen atoms in total. The summed E-state index contributed by atoms with van der Waals surface area (Å²) in [5.74, 6) is 1.89. The molecule has 3 rings (SSSR count). The van der Waals surface area contributed by atoms with Gasteiger partial charge < -0.3 is 20.2 Å². The van der Waals surface area contributed by atoms with E-state index < -0.39 is 11.9 Å². The van der Waals surface area contributed by atoms with Crippen LogP contribution in [0.15, 0.2) is 30.5 Å². The van der Waals surface area contributed by atoms with Crippen molar-refractivity contribution in [3.05, 3.63) is 62.8 Å². The number of aromatic amines is 1. The van der Waals surface area contributed by atoms with E-state index in [1.165, 1.54) is 26.4 Å². The number of fused-ring (bicyclic) bond motifs is 1. The summed E-state index contributed by atoms with van der Waals surface area (Å²) in [6.45, 7) is 4.28. The van der Waals surface area contributed by atoms with Crippen LogP contribution in [0.25, 0.3) is 10.9 Å². The van der Waals surface area contributed by atoms with Crippen LogP contribution in [0.4, 0.5) is 5.69 Å². The predicted molar refractivity (Wildman–Crippen MR) is 128 cm³/mol. The van der Waals surface area contributed by atoms with Gasteiger partial charge in [0, 0.05) is 17.3 Å². The van der Waals surface area contributed by atoms with Crippen molar-refractivity contribution >= 4 is 51.7 Å². The minimum absolute atomic E-state index is 0.152. The Kier molecular flexibility index (Phi) is 8.59. The maximum atomic E-state index is 11.7. The van der Waals surface area contributed by atoms with Gasteiger partial charge >= 0.3 is 11.9 Å². The molecule has 2 aromatic carbocycles. The number of anilines is 1. The molecule has 3 aromatic rings. The maximum absolute atomic E-state index is 11.7. The molecule has 1 heterocycles. The van der Waals surface area contributed by atoms with Crippen molar-refractivity contribution in [3.8, 4) is 12.3 Å². The number of nitrogens with one attached hydrogen (secondary N) is 1. The SMILES string of the molecule is C#Cc1c(N)ccc(C(=O)OC)c1Cl.COC(=O)c1cc(CC(C)C)c2[nH]ccc2c1Cl. The summed E-state index contributed by atoms with van der Waals surface area (Å²) in [5, 5.41) is 1.47. The molecular weight excluding hydrogens is 451 g/mol. The van der Waals surface area contributed by atoms with Gasteiger partial charge in [0.25, 0.3) is 0 Å². The van der Waals surface area contributed by atoms with E-state index in [2.05, 4.69) is 29.5 Å². The highest BCUT2D eigenvalue weighted by Crippen LogP contribution is 2.31. The Hall–Kier alpha value is -3.14. The number of carbonyl (C=O) groups is 2. The zero-order valence-electron chi connectivity index (χ0n) is 18.2. The highest BCUT2D eigenvalue weighted by Gasteiger charge is 2.18. The highest BCUT2D eigenvalue weighted by molar-refractivity contribution is 6.38. The van der Waals surface area contributed by atoms with Gasteiger partial charge in [-0.3, -0.25) is 0 Å². The lowest BCUT2D eigenvalue weighted by Crippen LogP contribution is -2.05. The van der Waals surface area contributed by atoms with Crippen LogP contribution in [-0.2, 0) is 15.9 Å². The number of ether oxygens (including phenoxy) is 2. The fourth-order valence-corrected chi connectivity index (χ4v) is 3.73. The highest BCUT2D eigenvalue weighted by atomic mass is 35.5. The first-order chi connectivity index (χ1) is 15.2. The number of aromatic nitrogens is 1. The molecule has 32 heavy (non-hydrogen) atoms. The molecule has 0 bridgehead atoms. The third kappa shape index (κ3) is 5.37. The van der Waals surface area contributed by atoms with Crippen molar-refractivity contribution in [2.45, 2.75) is 20.3 Å². The number of nitrogen functional groups attached to an aromatic ring is 1. The van der Waals surface area contributed by atoms with Crippen molar-refractivity contribution < 1.29 is 19.1 Å². The number of carbonyl (C=O) groups excluding carboxylic acids is 2. The van der Waals surface area contributed by atoms with Crippen LogP contribution in [0, 0.1) is 18.3 Å². The van der Waals surface area contributed by atoms with Crippen molar-refractivity contribution in [1.29, 1.82) is 0 Å². The Labute approximate surface area is 197 Å². The zero-order chi connectivity index (χ0) is 24.0. The molecule has 0 aliphatic heterocycles. The third-order valence-corrected chi connectivity index (χ3v) is 5.42. The van der Waals surface area contributed by atoms with Gasteiger partial charge in [0.1, 0.15) is 0 Å². The third-order valence-electron chi connectivity index (χ3n) is 4.62. The number of terminal acetylenes is 1. The van der Waals surface area contributed by atoms with E-state index in [4.69, 9.17) is 40.1 Å². The summed E-state index contributed by atoms with van der Waals surface area (Å²) in [5.41, 5.74) is 8.99. The summed E-state index contributed by atoms with van der Waals surface area (Å²) >= 11 is 12.1. The molecule has 1 aromatic heterocycles. The molecule has 0 aliphatic carbocycles. The molecule has 0 spiro atoms. The smallest absolute Gasteiger partial charge is 0.339 e. The number of halogens is 2. The monoisotopic (exact) mass is 474 g/mol. The van der Waals surface area contributed by atoms with Gasteiger partial charge in [-0.1, -0.05) is 43.0 Å². The van der Waals surface area contributed by atoms with Crippen molar-refractivity contribution in [3.63, 3.8) is 0 Å². The van der Waals surface area contributed by atoms with Gasteiger partial charge in [0.2, 0.25) is 0 Å². The largest absolute Gasteiger partial charge is 0.465 e. The van der Waals surface area contributed by atoms with Crippen molar-refractivity contribution in [1.82, 2.24) is 4.98 Å². The molecule has 3 N–H and O–H groups in total. The first kappa shape index (κ1) is 25.1. The molecule has 8 heteroatoms. The van der Waals surface area contributed by atoms with Crippen LogP contribution in [0.3, 0.4) is 0 Å². The van der Waals surface area contributed by atoms with Gasteiger partial charge in [0.15, 0.2) is 0 Å². The average molecular weight is 475 g/mol. The summed E-state index contributed by atoms with van der Waals surface area (Å²) in [6, 6.07) is 6.71. The van der Waals surface area contributed by atoms with Crippen LogP contribution in [0.1, 0.15) is 45.7 Å². The molecule has 0 aliphatic rings. The van der Waals surface area contributed by atoms with E-state index in [0.29, 0.717) is 27.8 Å². The fourth-order valence-electron chi connectivity index (χ4n) is 3.14. The number of H-pyrrole nitrogens is 1. The van der Waals surface area contributed by atoms with Gasteiger partial charge in [0.05, 0.1) is 46.5 Å². The summed E-state index contributed by atoms with van der Waals surface area (Å²) in [6.07, 6.45) is 7.92. The minimum Gasteiger partial charge on any atom is -0.465 e. The lowest BCUT2D eigenvalue weighted by atomic mass is 9.98. The van der Waals surface area contributed by atoms with E-state index in [-0.39, 0.29) is 10.6 Å². The molecule has 0 saturated carbocycles. The Bertz CT molecular complexity index is 1190. The molecule has 0 atom stereocenters. The summed E-state index contributed by atoms with van der Waals surface area (Å²) in [4.78, 5) is 26.1. The van der Waals surface area contributed by atoms with Gasteiger partial charge in [-0.15, -0.1) is 6.42 Å². The van der Waals surface area contributed by atoms with Crippen LogP contribution in [0.5, 0.6) is 0 Å². The molecule has 0 saturated heterocycles. The molecule has 0 radical (unpaired) electrons. The van der Waals surface area contributed by atoms with E-state index in [9.17, 15) is 9.59 Å². The van der Waals surface area contributed by atoms with Crippen LogP contribution in [-0.4, -0.2) is 31.1 Å². The standard InChI is InChI=1S/C14H16ClNO2.C10H8ClNO2/c1-8(2)6-9-7-11(14(17)18-3)12(15)10-4-5-16-13(9)10;1-3-6-8(12)5-4-7(9(6)11)10(13)14-2/h4-5,7-8,16H,6H2,1-3H3;1,4-5H,12H2,2H3. The van der Waals surface area contributed by atoms with Crippen molar-refractivity contribution in [2.75, 3.05) is 20.0 Å². The van der Waals surface area contributed by atoms with E-state index in [0.717, 1.165) is 22.9 Å². The van der Waals surface area contributed by atoms with Crippen LogP contribution < -0.4 is 5.73 Å². The van der Waals surface area contributed by atoms with Crippen LogP contribution >= 0.6 is 23.2 Å². The average Bonchev–Trinajstić information content (AvgIpc) is 3.26. The molecule has 0 amide bonds. The number of rotatable bonds is 4. The summed E-state index contributed by atoms with van der Waals surface area (Å²) < 4.78 is 9.29. The Morgan fingerprint density at radius 2 is 1.72 bits per heavy atom. The van der Waals surface area contributed by atoms with Gasteiger partial charge in [-0.25, -0.2) is 9.59 Å². The predicted octanol–water partition coefficient (Wildman–Crippen LogP) is 5.50. The second-order valence-corrected chi connectivity index (χ2v) is 8.04. The molecule has 168 valence electrons. The summed E-state index contributed by atoms with van der Waals surface area (Å²) in [7, 11) is 2.63. The number of benzene rings is 2. The number of hydrogen-bond donors (Lipinski definition) is 2. The fraction of sp³-hybridized carbons (Fsp3) is 0.250. The number of esters is 2. The lowest BCUT2D eigenvalue weighted by Gasteiger charge is -2.11. The van der Waals surface area contributed by atoms with E-state index in [1.807, 2.05) is 18.3 Å². The first-order valence-corrected chi connectivity index (χ1v) is 10.4. The molecule has 0 unspecified atom stereocenters. The number of hydrogen-bond acceptors (Lipinski definition) is 5. The van der Waals surface area contributed by atoms with Crippen molar-refractivity contribution in [2.24, 2.45) is 5.92 Å². The van der Waals surface area contributed by atoms with Gasteiger partial charge in [-0.2, -0.15) is 0 Å². The second kappa shape index (κ2) is 10.9. The molecular formula is C24H24Cl2N2O4. The molecule has 0 fully saturated rings. The first-order valence-electron chi connectivity index (χ1n) is 9.65.